The van der Waals surface area contributed by atoms with Crippen LogP contribution in [0.3, 0.4) is 0 Å². The van der Waals surface area contributed by atoms with E-state index in [1.165, 1.54) is 44.5 Å². The maximum atomic E-state index is 7.11. The molecular weight excluding hydrogens is 1180 g/mol. The van der Waals surface area contributed by atoms with Gasteiger partial charge in [-0.25, -0.2) is 0 Å². The van der Waals surface area contributed by atoms with Crippen LogP contribution in [0, 0.1) is 15.9 Å². The van der Waals surface area contributed by atoms with E-state index in [2.05, 4.69) is 324 Å². The Morgan fingerprint density at radius 2 is 0.915 bits per heavy atom. The Morgan fingerprint density at radius 3 is 1.51 bits per heavy atom. The van der Waals surface area contributed by atoms with Gasteiger partial charge in [0.05, 0.1) is 11.4 Å². The molecule has 418 valence electrons. The van der Waals surface area contributed by atoms with Crippen LogP contribution in [-0.2, 0) is 51.8 Å². The molecule has 2 aromatic heterocycles. The molecule has 6 nitrogen and oxygen atoms in total. The summed E-state index contributed by atoms with van der Waals surface area (Å²) < 4.78 is 12.8. The fraction of sp³-hybridized carbons (Fsp3) is 0.280. The summed E-state index contributed by atoms with van der Waals surface area (Å²) in [6.45, 7) is 34.4. The summed E-state index contributed by atoms with van der Waals surface area (Å²) in [5, 5.41) is 0. The molecule has 0 fully saturated rings. The Labute approximate surface area is 497 Å². The molecule has 82 heavy (non-hydrogen) atoms. The zero-order valence-corrected chi connectivity index (χ0v) is 52.6. The van der Waals surface area contributed by atoms with Crippen LogP contribution in [-0.4, -0.2) is 14.1 Å². The molecule has 12 rings (SSSR count). The van der Waals surface area contributed by atoms with Crippen LogP contribution in [0.1, 0.15) is 154 Å². The third kappa shape index (κ3) is 9.30. The van der Waals surface area contributed by atoms with E-state index in [1.54, 1.807) is 0 Å². The first-order valence-corrected chi connectivity index (χ1v) is 30.0. The summed E-state index contributed by atoms with van der Waals surface area (Å²) in [7, 11) is 0. The predicted octanol–water partition coefficient (Wildman–Crippen LogP) is 19.7. The van der Waals surface area contributed by atoms with Crippen molar-refractivity contribution >= 4 is 45.3 Å². The molecule has 0 saturated carbocycles. The van der Waals surface area contributed by atoms with Crippen molar-refractivity contribution in [3.05, 3.63) is 248 Å². The average Bonchev–Trinajstić information content (AvgIpc) is 0.879. The fourth-order valence-electron chi connectivity index (χ4n) is 12.1. The summed E-state index contributed by atoms with van der Waals surface area (Å²) in [4.78, 5) is 10.1. The monoisotopic (exact) mass is 1260 g/mol. The van der Waals surface area contributed by atoms with Gasteiger partial charge in [0, 0.05) is 11.9 Å². The van der Waals surface area contributed by atoms with Gasteiger partial charge in [-0.05, 0) is 63.3 Å². The molecule has 10 aromatic rings. The second-order valence-corrected chi connectivity index (χ2v) is 28.7. The first-order valence-electron chi connectivity index (χ1n) is 28.9. The molecule has 0 saturated heterocycles. The number of anilines is 6. The van der Waals surface area contributed by atoms with E-state index in [0.29, 0.717) is 11.5 Å². The van der Waals surface area contributed by atoms with Crippen LogP contribution < -0.4 is 14.5 Å². The van der Waals surface area contributed by atoms with Crippen molar-refractivity contribution in [2.24, 2.45) is 0 Å². The van der Waals surface area contributed by atoms with Crippen molar-refractivity contribution in [3.8, 4) is 22.9 Å². The molecule has 0 radical (unpaired) electrons. The van der Waals surface area contributed by atoms with E-state index in [9.17, 15) is 0 Å². The normalized spacial score (nSPS) is 14.2. The Morgan fingerprint density at radius 1 is 0.402 bits per heavy atom. The number of benzene rings is 8. The molecule has 2 aliphatic rings. The summed E-state index contributed by atoms with van der Waals surface area (Å²) in [5.74, 6) is 1.97. The number of ether oxygens (including phenoxy) is 1. The van der Waals surface area contributed by atoms with E-state index in [1.807, 2.05) is 12.3 Å². The van der Waals surface area contributed by atoms with Gasteiger partial charge in [-0.2, -0.15) is 0 Å². The minimum atomic E-state index is -0.810. The van der Waals surface area contributed by atoms with E-state index >= 15 is 0 Å². The van der Waals surface area contributed by atoms with Crippen LogP contribution in [0.4, 0.5) is 34.3 Å². The Bertz CT molecular complexity index is 4100. The second kappa shape index (κ2) is 19.6. The number of hydrogen-bond acceptors (Lipinski definition) is 4. The summed E-state index contributed by atoms with van der Waals surface area (Å²) in [5.41, 5.74) is 19.3. The van der Waals surface area contributed by atoms with Crippen LogP contribution in [0.15, 0.2) is 182 Å². The van der Waals surface area contributed by atoms with Crippen molar-refractivity contribution in [1.82, 2.24) is 14.1 Å². The molecule has 0 amide bonds. The quantitative estimate of drug-likeness (QED) is 0.156. The molecule has 0 unspecified atom stereocenters. The minimum absolute atomic E-state index is 0.0387. The first kappa shape index (κ1) is 55.0. The summed E-state index contributed by atoms with van der Waals surface area (Å²) >= 11 is 2.50. The van der Waals surface area contributed by atoms with Crippen molar-refractivity contribution in [1.29, 1.82) is 0 Å². The standard InChI is InChI=1S/C75H75N5O.Pt/c1-70(2,3)49-32-35-60-66(43-49)79(54-24-17-16-18-25-54)67-44-50(71(4,5)6)33-36-61(67)75(60)59-28-19-20-29-63(59)80(69-45-51(38-39-76-69)72(7,8)9)68-47-58(34-37-62(68)75)81-57-27-23-26-55(46-57)77-48-78(65-31-22-21-30-64(65)77)56-41-52(73(10,11)12)40-53(42-56)74(13,14)15;/h16-45H,1-15H3;/q-2;. The number of nitrogens with zero attached hydrogens (tertiary/aromatic N) is 5. The van der Waals surface area contributed by atoms with Gasteiger partial charge in [0.25, 0.3) is 0 Å². The third-order valence-corrected chi connectivity index (χ3v) is 17.8. The number of fused-ring (bicyclic) bond motifs is 9. The van der Waals surface area contributed by atoms with E-state index < -0.39 is 5.41 Å². The molecule has 0 aliphatic carbocycles. The van der Waals surface area contributed by atoms with Crippen molar-refractivity contribution in [3.63, 3.8) is 0 Å². The molecule has 1 spiro atoms. The fourth-order valence-corrected chi connectivity index (χ4v) is 13.3. The zero-order valence-electron chi connectivity index (χ0n) is 50.3. The molecule has 0 bridgehead atoms. The van der Waals surface area contributed by atoms with Gasteiger partial charge in [-0.3, -0.25) is 0 Å². The van der Waals surface area contributed by atoms with E-state index in [0.717, 1.165) is 66.0 Å². The first-order chi connectivity index (χ1) is 38.7. The molecule has 2 aliphatic heterocycles. The molecule has 0 N–H and O–H groups in total. The van der Waals surface area contributed by atoms with E-state index in [4.69, 9.17) is 9.72 Å². The average molecular weight is 1260 g/mol. The number of pyridine rings is 1. The van der Waals surface area contributed by atoms with Crippen LogP contribution in [0.2, 0.25) is 0 Å². The van der Waals surface area contributed by atoms with Crippen LogP contribution in [0.5, 0.6) is 11.5 Å². The number of rotatable bonds is 6. The Balaban J connectivity index is 1.08. The van der Waals surface area contributed by atoms with Crippen molar-refractivity contribution in [2.75, 3.05) is 9.80 Å². The summed E-state index contributed by atoms with van der Waals surface area (Å²) in [6.07, 6.45) is 1.95. The topological polar surface area (TPSA) is 38.5 Å². The van der Waals surface area contributed by atoms with Crippen LogP contribution >= 0.6 is 0 Å². The molecule has 0 atom stereocenters. The summed E-state index contributed by atoms with van der Waals surface area (Å²) in [6, 6.07) is 72.8. The zero-order chi connectivity index (χ0) is 58.1. The van der Waals surface area contributed by atoms with Crippen LogP contribution in [0.25, 0.3) is 22.4 Å². The van der Waals surface area contributed by atoms with Gasteiger partial charge in [0.2, 0.25) is 0 Å². The van der Waals surface area contributed by atoms with Crippen molar-refractivity contribution < 1.29 is 24.1 Å². The van der Waals surface area contributed by atoms with Gasteiger partial charge in [-0.1, -0.05) is 123 Å². The maximum absolute atomic E-state index is 7.11. The van der Waals surface area contributed by atoms with E-state index in [-0.39, 0.29) is 27.1 Å². The van der Waals surface area contributed by atoms with Gasteiger partial charge < -0.3 is 4.90 Å². The SMILES string of the molecule is CC(C)(C)c1cc(-n2[c](=[Pt])n(-c3[c-]c(Oc4[c-]c5c(cc4)C4(c6ccccc6N5c5cc(C(C)(C)C)ccn5)c5ccc(C(C)(C)C)cc5N(c5ccccc5)c5cc(C(C)(C)C)ccc54)ccc3)c3ccccc32)cc(C(C)(C)C)c1. The molecule has 8 aromatic carbocycles. The Hall–Kier alpha value is -7.53. The molecular formula is C75H75N5OPt-2. The van der Waals surface area contributed by atoms with Gasteiger partial charge in [-0.15, -0.1) is 0 Å². The van der Waals surface area contributed by atoms with Gasteiger partial charge in [0.15, 0.2) is 0 Å². The number of aromatic nitrogens is 3. The second-order valence-electron chi connectivity index (χ2n) is 27.6. The van der Waals surface area contributed by atoms with Gasteiger partial charge >= 0.3 is 286 Å². The molecule has 4 heterocycles. The number of imidazole rings is 1. The Kier molecular flexibility index (Phi) is 13.1. The number of hydrogen-bond donors (Lipinski definition) is 0. The third-order valence-electron chi connectivity index (χ3n) is 16.8. The number of para-hydroxylation sites is 4. The van der Waals surface area contributed by atoms with Gasteiger partial charge in [0.1, 0.15) is 0 Å². The molecule has 7 heteroatoms. The van der Waals surface area contributed by atoms with Crippen molar-refractivity contribution in [2.45, 2.75) is 136 Å². The predicted molar refractivity (Wildman–Crippen MR) is 336 cm³/mol.